The van der Waals surface area contributed by atoms with E-state index in [0.29, 0.717) is 19.6 Å². The number of aromatic nitrogens is 3. The predicted molar refractivity (Wildman–Crippen MR) is 87.3 cm³/mol. The zero-order chi connectivity index (χ0) is 16.1. The second-order valence-electron chi connectivity index (χ2n) is 5.97. The van der Waals surface area contributed by atoms with E-state index < -0.39 is 0 Å². The molecule has 1 aliphatic rings. The number of hydrogen-bond acceptors (Lipinski definition) is 4. The fraction of sp³-hybridized carbons (Fsp3) is 0.588. The lowest BCUT2D eigenvalue weighted by Gasteiger charge is -2.32. The standard InChI is InChI=1S/C17H24N4O2/c1-2-23-12-6-9-16(22)20-10-5-7-14(13-20)17-19-18-15-8-3-4-11-21(15)17/h3-4,8,11,14H,2,5-7,9-10,12-13H2,1H3/t14-/m1/s1. The fourth-order valence-electron chi connectivity index (χ4n) is 3.18. The molecule has 124 valence electrons. The van der Waals surface area contributed by atoms with E-state index in [0.717, 1.165) is 43.8 Å². The first-order valence-electron chi connectivity index (χ1n) is 8.44. The summed E-state index contributed by atoms with van der Waals surface area (Å²) in [5.41, 5.74) is 0.864. The van der Waals surface area contributed by atoms with Gasteiger partial charge in [0.25, 0.3) is 0 Å². The van der Waals surface area contributed by atoms with Gasteiger partial charge in [0.1, 0.15) is 5.82 Å². The molecule has 0 unspecified atom stereocenters. The van der Waals surface area contributed by atoms with Gasteiger partial charge in [-0.05, 0) is 38.3 Å². The van der Waals surface area contributed by atoms with Crippen LogP contribution in [0.1, 0.15) is 44.3 Å². The average molecular weight is 316 g/mol. The van der Waals surface area contributed by atoms with Gasteiger partial charge in [-0.2, -0.15) is 0 Å². The van der Waals surface area contributed by atoms with Gasteiger partial charge in [-0.3, -0.25) is 9.20 Å². The summed E-state index contributed by atoms with van der Waals surface area (Å²) in [7, 11) is 0. The number of carbonyl (C=O) groups excluding carboxylic acids is 1. The minimum absolute atomic E-state index is 0.225. The molecular weight excluding hydrogens is 292 g/mol. The normalized spacial score (nSPS) is 18.5. The van der Waals surface area contributed by atoms with Crippen molar-refractivity contribution in [3.63, 3.8) is 0 Å². The molecule has 6 heteroatoms. The van der Waals surface area contributed by atoms with E-state index in [9.17, 15) is 4.79 Å². The quantitative estimate of drug-likeness (QED) is 0.767. The second kappa shape index (κ2) is 7.55. The van der Waals surface area contributed by atoms with Crippen LogP contribution in [0.4, 0.5) is 0 Å². The summed E-state index contributed by atoms with van der Waals surface area (Å²) >= 11 is 0. The Morgan fingerprint density at radius 2 is 2.30 bits per heavy atom. The highest BCUT2D eigenvalue weighted by molar-refractivity contribution is 5.76. The van der Waals surface area contributed by atoms with Gasteiger partial charge in [-0.15, -0.1) is 10.2 Å². The highest BCUT2D eigenvalue weighted by Gasteiger charge is 2.27. The Balaban J connectivity index is 1.63. The van der Waals surface area contributed by atoms with E-state index in [1.807, 2.05) is 40.6 Å². The third kappa shape index (κ3) is 3.69. The van der Waals surface area contributed by atoms with E-state index in [4.69, 9.17) is 4.74 Å². The molecule has 2 aromatic rings. The number of ether oxygens (including phenoxy) is 1. The molecule has 3 rings (SSSR count). The number of fused-ring (bicyclic) bond motifs is 1. The highest BCUT2D eigenvalue weighted by atomic mass is 16.5. The number of rotatable bonds is 6. The predicted octanol–water partition coefficient (Wildman–Crippen LogP) is 2.25. The monoisotopic (exact) mass is 316 g/mol. The van der Waals surface area contributed by atoms with Crippen molar-refractivity contribution in [2.75, 3.05) is 26.3 Å². The van der Waals surface area contributed by atoms with E-state index in [-0.39, 0.29) is 11.8 Å². The first-order chi connectivity index (χ1) is 11.3. The maximum Gasteiger partial charge on any atom is 0.222 e. The molecule has 2 aromatic heterocycles. The van der Waals surface area contributed by atoms with Crippen LogP contribution in [0.25, 0.3) is 5.65 Å². The lowest BCUT2D eigenvalue weighted by molar-refractivity contribution is -0.132. The number of pyridine rings is 1. The molecule has 1 saturated heterocycles. The molecule has 23 heavy (non-hydrogen) atoms. The lowest BCUT2D eigenvalue weighted by atomic mass is 9.97. The van der Waals surface area contributed by atoms with Gasteiger partial charge in [-0.25, -0.2) is 0 Å². The summed E-state index contributed by atoms with van der Waals surface area (Å²) in [6, 6.07) is 5.90. The summed E-state index contributed by atoms with van der Waals surface area (Å²) in [5.74, 6) is 1.45. The third-order valence-corrected chi connectivity index (χ3v) is 4.36. The molecule has 0 spiro atoms. The van der Waals surface area contributed by atoms with Gasteiger partial charge < -0.3 is 9.64 Å². The number of hydrogen-bond donors (Lipinski definition) is 0. The molecule has 0 aliphatic carbocycles. The minimum atomic E-state index is 0.225. The molecular formula is C17H24N4O2. The summed E-state index contributed by atoms with van der Waals surface area (Å²) in [4.78, 5) is 14.3. The minimum Gasteiger partial charge on any atom is -0.382 e. The van der Waals surface area contributed by atoms with Crippen LogP contribution in [0.15, 0.2) is 24.4 Å². The Morgan fingerprint density at radius 1 is 1.39 bits per heavy atom. The molecule has 1 amide bonds. The second-order valence-corrected chi connectivity index (χ2v) is 5.97. The number of carbonyl (C=O) groups is 1. The van der Waals surface area contributed by atoms with Gasteiger partial charge in [0, 0.05) is 44.8 Å². The molecule has 0 radical (unpaired) electrons. The van der Waals surface area contributed by atoms with E-state index >= 15 is 0 Å². The van der Waals surface area contributed by atoms with Crippen LogP contribution in [-0.4, -0.2) is 51.7 Å². The first-order valence-corrected chi connectivity index (χ1v) is 8.44. The van der Waals surface area contributed by atoms with Gasteiger partial charge >= 0.3 is 0 Å². The average Bonchev–Trinajstić information content (AvgIpc) is 3.03. The number of amides is 1. The summed E-state index contributed by atoms with van der Waals surface area (Å²) < 4.78 is 7.34. The van der Waals surface area contributed by atoms with Crippen molar-refractivity contribution in [1.29, 1.82) is 0 Å². The van der Waals surface area contributed by atoms with E-state index in [1.54, 1.807) is 0 Å². The van der Waals surface area contributed by atoms with E-state index in [1.165, 1.54) is 0 Å². The Bertz CT molecular complexity index is 655. The van der Waals surface area contributed by atoms with Crippen LogP contribution in [0, 0.1) is 0 Å². The van der Waals surface area contributed by atoms with Crippen LogP contribution in [0.3, 0.4) is 0 Å². The number of piperidine rings is 1. The van der Waals surface area contributed by atoms with Crippen molar-refractivity contribution < 1.29 is 9.53 Å². The van der Waals surface area contributed by atoms with Gasteiger partial charge in [-0.1, -0.05) is 6.07 Å². The van der Waals surface area contributed by atoms with Crippen molar-refractivity contribution in [2.24, 2.45) is 0 Å². The van der Waals surface area contributed by atoms with Crippen molar-refractivity contribution >= 4 is 11.6 Å². The van der Waals surface area contributed by atoms with Crippen LogP contribution in [0.5, 0.6) is 0 Å². The highest BCUT2D eigenvalue weighted by Crippen LogP contribution is 2.26. The van der Waals surface area contributed by atoms with Crippen molar-refractivity contribution in [2.45, 2.75) is 38.5 Å². The molecule has 0 N–H and O–H groups in total. The van der Waals surface area contributed by atoms with Crippen molar-refractivity contribution in [3.8, 4) is 0 Å². The number of nitrogens with zero attached hydrogens (tertiary/aromatic N) is 4. The van der Waals surface area contributed by atoms with Crippen LogP contribution >= 0.6 is 0 Å². The maximum absolute atomic E-state index is 12.4. The molecule has 1 aliphatic heterocycles. The van der Waals surface area contributed by atoms with Gasteiger partial charge in [0.15, 0.2) is 5.65 Å². The summed E-state index contributed by atoms with van der Waals surface area (Å²) in [6.07, 6.45) is 5.42. The zero-order valence-corrected chi connectivity index (χ0v) is 13.6. The van der Waals surface area contributed by atoms with Crippen LogP contribution in [-0.2, 0) is 9.53 Å². The molecule has 1 fully saturated rings. The molecule has 0 aromatic carbocycles. The molecule has 1 atom stereocenters. The molecule has 0 saturated carbocycles. The van der Waals surface area contributed by atoms with Gasteiger partial charge in [0.05, 0.1) is 0 Å². The topological polar surface area (TPSA) is 59.7 Å². The Morgan fingerprint density at radius 3 is 3.17 bits per heavy atom. The molecule has 3 heterocycles. The zero-order valence-electron chi connectivity index (χ0n) is 13.6. The summed E-state index contributed by atoms with van der Waals surface area (Å²) in [5, 5.41) is 8.58. The Kier molecular flexibility index (Phi) is 5.23. The van der Waals surface area contributed by atoms with Crippen LogP contribution in [0.2, 0.25) is 0 Å². The first kappa shape index (κ1) is 15.9. The third-order valence-electron chi connectivity index (χ3n) is 4.36. The van der Waals surface area contributed by atoms with Gasteiger partial charge in [0.2, 0.25) is 5.91 Å². The Labute approximate surface area is 136 Å². The van der Waals surface area contributed by atoms with E-state index in [2.05, 4.69) is 10.2 Å². The summed E-state index contributed by atoms with van der Waals surface area (Å²) in [6.45, 7) is 4.93. The number of likely N-dealkylation sites (tertiary alicyclic amines) is 1. The fourth-order valence-corrected chi connectivity index (χ4v) is 3.18. The lowest BCUT2D eigenvalue weighted by Crippen LogP contribution is -2.39. The molecule has 0 bridgehead atoms. The van der Waals surface area contributed by atoms with Crippen molar-refractivity contribution in [1.82, 2.24) is 19.5 Å². The maximum atomic E-state index is 12.4. The van der Waals surface area contributed by atoms with Crippen LogP contribution < -0.4 is 0 Å². The van der Waals surface area contributed by atoms with Crippen molar-refractivity contribution in [3.05, 3.63) is 30.2 Å². The largest absolute Gasteiger partial charge is 0.382 e. The smallest absolute Gasteiger partial charge is 0.222 e. The Hall–Kier alpha value is -1.95. The molecule has 6 nitrogen and oxygen atoms in total. The SMILES string of the molecule is CCOCCCC(=O)N1CCC[C@@H](c2nnc3ccccn23)C1.